The number of nitrogens with zero attached hydrogens (tertiary/aromatic N) is 2. The molecule has 0 spiro atoms. The van der Waals surface area contributed by atoms with Crippen molar-refractivity contribution >= 4 is 17.7 Å². The molecule has 20 heavy (non-hydrogen) atoms. The molecule has 1 aliphatic rings. The summed E-state index contributed by atoms with van der Waals surface area (Å²) in [5.74, 6) is 2.22. The van der Waals surface area contributed by atoms with Gasteiger partial charge in [-0.05, 0) is 31.2 Å². The number of anilines is 1. The van der Waals surface area contributed by atoms with E-state index in [0.29, 0.717) is 19.2 Å². The third kappa shape index (κ3) is 2.80. The van der Waals surface area contributed by atoms with Gasteiger partial charge in [0.1, 0.15) is 18.2 Å². The van der Waals surface area contributed by atoms with Crippen LogP contribution in [-0.2, 0) is 0 Å². The van der Waals surface area contributed by atoms with Gasteiger partial charge < -0.3 is 14.8 Å². The maximum atomic E-state index is 5.59. The van der Waals surface area contributed by atoms with Crippen LogP contribution in [-0.4, -0.2) is 30.2 Å². The van der Waals surface area contributed by atoms with E-state index in [1.54, 1.807) is 11.8 Å². The zero-order chi connectivity index (χ0) is 13.9. The van der Waals surface area contributed by atoms with Gasteiger partial charge >= 0.3 is 0 Å². The zero-order valence-electron chi connectivity index (χ0n) is 11.3. The number of hydrogen-bond donors (Lipinski definition) is 1. The minimum atomic E-state index is 0.595. The van der Waals surface area contributed by atoms with Crippen LogP contribution in [0.1, 0.15) is 5.69 Å². The van der Waals surface area contributed by atoms with Crippen LogP contribution in [0.4, 0.5) is 5.95 Å². The fraction of sp³-hybridized carbons (Fsp3) is 0.286. The molecule has 104 valence electrons. The fourth-order valence-corrected chi connectivity index (χ4v) is 2.82. The highest BCUT2D eigenvalue weighted by molar-refractivity contribution is 7.99. The highest BCUT2D eigenvalue weighted by atomic mass is 32.2. The fourth-order valence-electron chi connectivity index (χ4n) is 1.91. The first kappa shape index (κ1) is 13.1. The van der Waals surface area contributed by atoms with Gasteiger partial charge in [-0.15, -0.1) is 0 Å². The second-order valence-electron chi connectivity index (χ2n) is 4.33. The molecule has 0 aliphatic carbocycles. The average molecular weight is 289 g/mol. The minimum Gasteiger partial charge on any atom is -0.486 e. The number of fused-ring (bicyclic) bond motifs is 1. The first-order chi connectivity index (χ1) is 9.74. The zero-order valence-corrected chi connectivity index (χ0v) is 12.2. The molecular formula is C14H15N3O2S. The number of rotatable bonds is 3. The molecule has 0 radical (unpaired) electrons. The Kier molecular flexibility index (Phi) is 3.64. The summed E-state index contributed by atoms with van der Waals surface area (Å²) in [5, 5.41) is 3.87. The maximum absolute atomic E-state index is 5.59. The van der Waals surface area contributed by atoms with Crippen molar-refractivity contribution < 1.29 is 9.47 Å². The molecule has 0 atom stereocenters. The molecule has 1 N–H and O–H groups in total. The van der Waals surface area contributed by atoms with Gasteiger partial charge in [-0.2, -0.15) is 0 Å². The van der Waals surface area contributed by atoms with Gasteiger partial charge in [0.05, 0.1) is 0 Å². The van der Waals surface area contributed by atoms with Crippen LogP contribution in [0.2, 0.25) is 0 Å². The van der Waals surface area contributed by atoms with Gasteiger partial charge in [-0.25, -0.2) is 9.97 Å². The Balaban J connectivity index is 1.85. The van der Waals surface area contributed by atoms with Gasteiger partial charge in [0.15, 0.2) is 11.5 Å². The molecule has 0 unspecified atom stereocenters. The normalized spacial score (nSPS) is 13.1. The van der Waals surface area contributed by atoms with Crippen LogP contribution in [0.3, 0.4) is 0 Å². The van der Waals surface area contributed by atoms with E-state index in [1.165, 1.54) is 0 Å². The molecule has 2 heterocycles. The van der Waals surface area contributed by atoms with E-state index in [-0.39, 0.29) is 0 Å². The van der Waals surface area contributed by atoms with Crippen molar-refractivity contribution in [3.8, 4) is 11.5 Å². The largest absolute Gasteiger partial charge is 0.486 e. The Hall–Kier alpha value is -1.95. The van der Waals surface area contributed by atoms with Crippen LogP contribution in [0, 0.1) is 6.92 Å². The summed E-state index contributed by atoms with van der Waals surface area (Å²) in [5.41, 5.74) is 0.935. The monoisotopic (exact) mass is 289 g/mol. The Labute approximate surface area is 121 Å². The first-order valence-electron chi connectivity index (χ1n) is 6.35. The lowest BCUT2D eigenvalue weighted by Gasteiger charge is -2.18. The van der Waals surface area contributed by atoms with E-state index in [1.807, 2.05) is 38.2 Å². The molecule has 0 fully saturated rings. The van der Waals surface area contributed by atoms with Crippen molar-refractivity contribution in [1.29, 1.82) is 0 Å². The smallest absolute Gasteiger partial charge is 0.223 e. The van der Waals surface area contributed by atoms with Crippen molar-refractivity contribution in [2.75, 3.05) is 25.6 Å². The van der Waals surface area contributed by atoms with Crippen LogP contribution in [0.15, 0.2) is 34.2 Å². The molecular weight excluding hydrogens is 274 g/mol. The summed E-state index contributed by atoms with van der Waals surface area (Å²) >= 11 is 1.58. The Morgan fingerprint density at radius 1 is 1.10 bits per heavy atom. The summed E-state index contributed by atoms with van der Waals surface area (Å²) in [6, 6.07) is 7.89. The lowest BCUT2D eigenvalue weighted by molar-refractivity contribution is 0.171. The Morgan fingerprint density at radius 2 is 1.90 bits per heavy atom. The molecule has 5 nitrogen and oxygen atoms in total. The summed E-state index contributed by atoms with van der Waals surface area (Å²) in [6.07, 6.45) is 0. The summed E-state index contributed by atoms with van der Waals surface area (Å²) in [4.78, 5) is 9.78. The second-order valence-corrected chi connectivity index (χ2v) is 5.42. The second kappa shape index (κ2) is 5.58. The van der Waals surface area contributed by atoms with Gasteiger partial charge in [0.2, 0.25) is 5.95 Å². The number of hydrogen-bond acceptors (Lipinski definition) is 6. The lowest BCUT2D eigenvalue weighted by atomic mass is 10.3. The van der Waals surface area contributed by atoms with Crippen LogP contribution in [0.5, 0.6) is 11.5 Å². The minimum absolute atomic E-state index is 0.595. The van der Waals surface area contributed by atoms with Gasteiger partial charge in [0.25, 0.3) is 0 Å². The van der Waals surface area contributed by atoms with Crippen LogP contribution < -0.4 is 14.8 Å². The predicted octanol–water partition coefficient (Wildman–Crippen LogP) is 2.75. The number of benzene rings is 1. The lowest BCUT2D eigenvalue weighted by Crippen LogP contribution is -2.15. The topological polar surface area (TPSA) is 56.3 Å². The molecule has 0 amide bonds. The molecule has 2 aromatic rings. The van der Waals surface area contributed by atoms with Gasteiger partial charge in [-0.1, -0.05) is 11.8 Å². The molecule has 0 bridgehead atoms. The molecule has 1 aliphatic heterocycles. The van der Waals surface area contributed by atoms with E-state index in [9.17, 15) is 0 Å². The Bertz CT molecular complexity index is 634. The summed E-state index contributed by atoms with van der Waals surface area (Å²) in [7, 11) is 1.81. The van der Waals surface area contributed by atoms with Crippen molar-refractivity contribution in [2.45, 2.75) is 16.8 Å². The number of aromatic nitrogens is 2. The van der Waals surface area contributed by atoms with Crippen LogP contribution in [0.25, 0.3) is 0 Å². The van der Waals surface area contributed by atoms with Gasteiger partial charge in [0, 0.05) is 17.6 Å². The third-order valence-corrected chi connectivity index (χ3v) is 3.70. The van der Waals surface area contributed by atoms with Gasteiger partial charge in [-0.3, -0.25) is 0 Å². The number of ether oxygens (including phenoxy) is 2. The predicted molar refractivity (Wildman–Crippen MR) is 77.9 cm³/mol. The van der Waals surface area contributed by atoms with E-state index >= 15 is 0 Å². The summed E-state index contributed by atoms with van der Waals surface area (Å²) < 4.78 is 11.1. The molecule has 1 aromatic heterocycles. The van der Waals surface area contributed by atoms with E-state index in [4.69, 9.17) is 9.47 Å². The molecule has 0 saturated heterocycles. The van der Waals surface area contributed by atoms with Crippen molar-refractivity contribution in [2.24, 2.45) is 0 Å². The molecule has 0 saturated carbocycles. The highest BCUT2D eigenvalue weighted by Gasteiger charge is 2.12. The average Bonchev–Trinajstić information content (AvgIpc) is 2.46. The quantitative estimate of drug-likeness (QED) is 0.877. The van der Waals surface area contributed by atoms with Crippen LogP contribution >= 0.6 is 11.8 Å². The van der Waals surface area contributed by atoms with Crippen molar-refractivity contribution in [3.63, 3.8) is 0 Å². The van der Waals surface area contributed by atoms with E-state index < -0.39 is 0 Å². The standard InChI is InChI=1S/C14H15N3O2S/c1-9-7-13(17-14(15-2)16-9)20-10-3-4-11-12(8-10)19-6-5-18-11/h3-4,7-8H,5-6H2,1-2H3,(H,15,16,17). The Morgan fingerprint density at radius 3 is 2.70 bits per heavy atom. The van der Waals surface area contributed by atoms with E-state index in [0.717, 1.165) is 27.1 Å². The maximum Gasteiger partial charge on any atom is 0.223 e. The van der Waals surface area contributed by atoms with Crippen molar-refractivity contribution in [3.05, 3.63) is 30.0 Å². The number of aryl methyl sites for hydroxylation is 1. The number of nitrogens with one attached hydrogen (secondary N) is 1. The summed E-state index contributed by atoms with van der Waals surface area (Å²) in [6.45, 7) is 3.16. The highest BCUT2D eigenvalue weighted by Crippen LogP contribution is 2.36. The van der Waals surface area contributed by atoms with Crippen molar-refractivity contribution in [1.82, 2.24) is 9.97 Å². The van der Waals surface area contributed by atoms with E-state index in [2.05, 4.69) is 15.3 Å². The SMILES string of the molecule is CNc1nc(C)cc(Sc2ccc3c(c2)OCCO3)n1. The molecule has 3 rings (SSSR count). The first-order valence-corrected chi connectivity index (χ1v) is 7.17. The molecule has 6 heteroatoms. The molecule has 1 aromatic carbocycles. The third-order valence-electron chi connectivity index (χ3n) is 2.79.